The molecule has 3 nitrogen and oxygen atoms in total. The van der Waals surface area contributed by atoms with E-state index in [1.165, 1.54) is 12.8 Å². The van der Waals surface area contributed by atoms with E-state index >= 15 is 0 Å². The Bertz CT molecular complexity index is 97.7. The molecule has 0 bridgehead atoms. The molecule has 0 aromatic carbocycles. The van der Waals surface area contributed by atoms with Crippen LogP contribution in [0.15, 0.2) is 0 Å². The SMILES string of the molecule is CCCCCNNC(=O)S. The van der Waals surface area contributed by atoms with Crippen molar-refractivity contribution in [2.75, 3.05) is 6.54 Å². The van der Waals surface area contributed by atoms with E-state index in [0.717, 1.165) is 13.0 Å². The van der Waals surface area contributed by atoms with Crippen molar-refractivity contribution >= 4 is 17.9 Å². The summed E-state index contributed by atoms with van der Waals surface area (Å²) in [5, 5.41) is -0.337. The molecule has 0 aromatic heterocycles. The van der Waals surface area contributed by atoms with Crippen LogP contribution in [0.3, 0.4) is 0 Å². The number of hydrazine groups is 1. The van der Waals surface area contributed by atoms with Gasteiger partial charge in [-0.05, 0) is 6.42 Å². The third-order valence-corrected chi connectivity index (χ3v) is 1.21. The van der Waals surface area contributed by atoms with E-state index in [2.05, 4.69) is 30.4 Å². The zero-order chi connectivity index (χ0) is 7.82. The average Bonchev–Trinajstić information content (AvgIpc) is 1.87. The first-order valence-corrected chi connectivity index (χ1v) is 3.94. The molecule has 0 rings (SSSR count). The second-order valence-corrected chi connectivity index (χ2v) is 2.47. The molecule has 4 heteroatoms. The highest BCUT2D eigenvalue weighted by molar-refractivity contribution is 7.96. The van der Waals surface area contributed by atoms with Crippen LogP contribution < -0.4 is 10.9 Å². The van der Waals surface area contributed by atoms with E-state index in [1.54, 1.807) is 0 Å². The zero-order valence-electron chi connectivity index (χ0n) is 6.18. The van der Waals surface area contributed by atoms with Crippen LogP contribution in [0, 0.1) is 0 Å². The lowest BCUT2D eigenvalue weighted by Crippen LogP contribution is -2.34. The molecule has 0 aliphatic heterocycles. The van der Waals surface area contributed by atoms with Crippen molar-refractivity contribution in [3.8, 4) is 0 Å². The van der Waals surface area contributed by atoms with Gasteiger partial charge in [0.1, 0.15) is 0 Å². The van der Waals surface area contributed by atoms with Crippen LogP contribution in [0.5, 0.6) is 0 Å². The molecule has 0 aliphatic carbocycles. The summed E-state index contributed by atoms with van der Waals surface area (Å²) in [6.45, 7) is 2.96. The predicted octanol–water partition coefficient (Wildman–Crippen LogP) is 1.32. The minimum Gasteiger partial charge on any atom is -0.283 e. The second-order valence-electron chi connectivity index (χ2n) is 2.06. The van der Waals surface area contributed by atoms with E-state index < -0.39 is 0 Å². The Kier molecular flexibility index (Phi) is 6.74. The van der Waals surface area contributed by atoms with Gasteiger partial charge >= 0.3 is 0 Å². The van der Waals surface area contributed by atoms with Crippen molar-refractivity contribution in [3.05, 3.63) is 0 Å². The quantitative estimate of drug-likeness (QED) is 0.324. The van der Waals surface area contributed by atoms with Crippen molar-refractivity contribution < 1.29 is 4.79 Å². The van der Waals surface area contributed by atoms with Gasteiger partial charge in [-0.25, -0.2) is 5.43 Å². The van der Waals surface area contributed by atoms with Crippen LogP contribution in [0.25, 0.3) is 0 Å². The molecule has 10 heavy (non-hydrogen) atoms. The monoisotopic (exact) mass is 162 g/mol. The third-order valence-electron chi connectivity index (χ3n) is 1.10. The topological polar surface area (TPSA) is 41.1 Å². The van der Waals surface area contributed by atoms with E-state index in [-0.39, 0.29) is 5.24 Å². The van der Waals surface area contributed by atoms with Gasteiger partial charge in [-0.15, -0.1) is 0 Å². The number of hydrogen-bond acceptors (Lipinski definition) is 2. The number of nitrogens with one attached hydrogen (secondary N) is 2. The highest BCUT2D eigenvalue weighted by Crippen LogP contribution is 1.89. The van der Waals surface area contributed by atoms with Crippen LogP contribution in [0.1, 0.15) is 26.2 Å². The van der Waals surface area contributed by atoms with Gasteiger partial charge in [0.25, 0.3) is 5.24 Å². The molecule has 1 amide bonds. The molecule has 0 heterocycles. The number of thiol groups is 1. The summed E-state index contributed by atoms with van der Waals surface area (Å²) in [7, 11) is 0. The maximum atomic E-state index is 10.2. The van der Waals surface area contributed by atoms with E-state index in [4.69, 9.17) is 0 Å². The molecule has 0 unspecified atom stereocenters. The van der Waals surface area contributed by atoms with Gasteiger partial charge in [-0.3, -0.25) is 10.2 Å². The predicted molar refractivity (Wildman–Crippen MR) is 45.0 cm³/mol. The number of hydrogen-bond donors (Lipinski definition) is 3. The van der Waals surface area contributed by atoms with Crippen molar-refractivity contribution in [2.45, 2.75) is 26.2 Å². The molecule has 0 aliphatic rings. The van der Waals surface area contributed by atoms with Crippen LogP contribution in [-0.4, -0.2) is 11.8 Å². The molecule has 0 radical (unpaired) electrons. The number of carbonyl (C=O) groups is 1. The summed E-state index contributed by atoms with van der Waals surface area (Å²) in [6, 6.07) is 0. The van der Waals surface area contributed by atoms with Crippen LogP contribution in [0.2, 0.25) is 0 Å². The summed E-state index contributed by atoms with van der Waals surface area (Å²) >= 11 is 3.51. The normalized spacial score (nSPS) is 9.40. The highest BCUT2D eigenvalue weighted by atomic mass is 32.1. The maximum Gasteiger partial charge on any atom is 0.290 e. The van der Waals surface area contributed by atoms with E-state index in [9.17, 15) is 4.79 Å². The van der Waals surface area contributed by atoms with Crippen LogP contribution in [0.4, 0.5) is 4.79 Å². The van der Waals surface area contributed by atoms with Gasteiger partial charge in [0, 0.05) is 6.54 Å². The number of unbranched alkanes of at least 4 members (excludes halogenated alkanes) is 2. The zero-order valence-corrected chi connectivity index (χ0v) is 7.08. The van der Waals surface area contributed by atoms with Crippen molar-refractivity contribution in [1.82, 2.24) is 10.9 Å². The number of carbonyl (C=O) groups excluding carboxylic acids is 1. The molecule has 0 atom stereocenters. The van der Waals surface area contributed by atoms with Gasteiger partial charge in [0.2, 0.25) is 0 Å². The molecule has 0 fully saturated rings. The van der Waals surface area contributed by atoms with E-state index in [0.29, 0.717) is 0 Å². The van der Waals surface area contributed by atoms with Gasteiger partial charge in [0.05, 0.1) is 0 Å². The van der Waals surface area contributed by atoms with Crippen LogP contribution in [-0.2, 0) is 0 Å². The highest BCUT2D eigenvalue weighted by Gasteiger charge is 1.88. The number of amides is 1. The Morgan fingerprint density at radius 2 is 2.20 bits per heavy atom. The van der Waals surface area contributed by atoms with Crippen molar-refractivity contribution in [1.29, 1.82) is 0 Å². The fourth-order valence-corrected chi connectivity index (χ4v) is 0.681. The summed E-state index contributed by atoms with van der Waals surface area (Å²) in [5.74, 6) is 0. The van der Waals surface area contributed by atoms with Gasteiger partial charge in [-0.1, -0.05) is 32.4 Å². The molecular weight excluding hydrogens is 148 g/mol. The van der Waals surface area contributed by atoms with Crippen LogP contribution >= 0.6 is 12.6 Å². The van der Waals surface area contributed by atoms with Gasteiger partial charge in [0.15, 0.2) is 0 Å². The fourth-order valence-electron chi connectivity index (χ4n) is 0.602. The Morgan fingerprint density at radius 3 is 2.70 bits per heavy atom. The third kappa shape index (κ3) is 7.78. The maximum absolute atomic E-state index is 10.2. The standard InChI is InChI=1S/C6H14N2OS/c1-2-3-4-5-7-8-6(9)10/h7H,2-5H2,1H3,(H2,8,9,10). The first kappa shape index (κ1) is 9.78. The molecule has 60 valence electrons. The lowest BCUT2D eigenvalue weighted by atomic mass is 10.3. The van der Waals surface area contributed by atoms with Gasteiger partial charge < -0.3 is 0 Å². The minimum absolute atomic E-state index is 0.337. The Hall–Kier alpha value is -0.220. The summed E-state index contributed by atoms with van der Waals surface area (Å²) in [6.07, 6.45) is 3.47. The molecular formula is C6H14N2OS. The summed E-state index contributed by atoms with van der Waals surface area (Å²) < 4.78 is 0. The van der Waals surface area contributed by atoms with Crippen molar-refractivity contribution in [2.24, 2.45) is 0 Å². The lowest BCUT2D eigenvalue weighted by Gasteiger charge is -2.01. The Balaban J connectivity index is 2.84. The smallest absolute Gasteiger partial charge is 0.283 e. The summed E-state index contributed by atoms with van der Waals surface area (Å²) in [5.41, 5.74) is 5.12. The second kappa shape index (κ2) is 6.89. The largest absolute Gasteiger partial charge is 0.290 e. The molecule has 0 saturated carbocycles. The first-order valence-electron chi connectivity index (χ1n) is 3.49. The summed E-state index contributed by atoms with van der Waals surface area (Å²) in [4.78, 5) is 10.2. The van der Waals surface area contributed by atoms with E-state index in [1.807, 2.05) is 0 Å². The number of rotatable bonds is 5. The molecule has 0 spiro atoms. The lowest BCUT2D eigenvalue weighted by molar-refractivity contribution is 0.257. The molecule has 2 N–H and O–H groups in total. The molecule has 0 aromatic rings. The Morgan fingerprint density at radius 1 is 1.50 bits per heavy atom. The fraction of sp³-hybridized carbons (Fsp3) is 0.833. The Labute approximate surface area is 67.0 Å². The van der Waals surface area contributed by atoms with Crippen molar-refractivity contribution in [3.63, 3.8) is 0 Å². The average molecular weight is 162 g/mol. The van der Waals surface area contributed by atoms with Gasteiger partial charge in [-0.2, -0.15) is 0 Å². The minimum atomic E-state index is -0.337. The molecule has 0 saturated heterocycles. The first-order chi connectivity index (χ1) is 4.77.